The van der Waals surface area contributed by atoms with Crippen LogP contribution in [0.1, 0.15) is 32.6 Å². The van der Waals surface area contributed by atoms with Gasteiger partial charge < -0.3 is 10.0 Å². The topological polar surface area (TPSA) is 26.7 Å². The summed E-state index contributed by atoms with van der Waals surface area (Å²) in [6, 6.07) is 10.6. The number of nitrogens with zero attached hydrogens (tertiary/aromatic N) is 2. The molecule has 3 rings (SSSR count). The average Bonchev–Trinajstić information content (AvgIpc) is 2.52. The van der Waals surface area contributed by atoms with Crippen molar-refractivity contribution in [1.29, 1.82) is 0 Å². The van der Waals surface area contributed by atoms with Crippen LogP contribution in [0.2, 0.25) is 0 Å². The van der Waals surface area contributed by atoms with E-state index >= 15 is 4.39 Å². The zero-order chi connectivity index (χ0) is 15.6. The molecule has 0 saturated carbocycles. The second-order valence-electron chi connectivity index (χ2n) is 6.97. The highest BCUT2D eigenvalue weighted by Gasteiger charge is 2.38. The normalized spacial score (nSPS) is 29.5. The van der Waals surface area contributed by atoms with Gasteiger partial charge in [0, 0.05) is 50.7 Å². The van der Waals surface area contributed by atoms with Crippen LogP contribution in [-0.4, -0.2) is 54.0 Å². The molecule has 0 bridgehead atoms. The Morgan fingerprint density at radius 3 is 2.50 bits per heavy atom. The molecular formula is C18H27FN2O. The molecule has 0 amide bonds. The highest BCUT2D eigenvalue weighted by atomic mass is 19.1. The number of halogens is 1. The summed E-state index contributed by atoms with van der Waals surface area (Å²) in [6.07, 6.45) is 2.52. The van der Waals surface area contributed by atoms with Crippen LogP contribution >= 0.6 is 0 Å². The SMILES string of the molecule is CC1CC(O)CCN1CC1(F)CCN(c2ccccc2)CC1. The Morgan fingerprint density at radius 2 is 1.86 bits per heavy atom. The van der Waals surface area contributed by atoms with Gasteiger partial charge in [-0.2, -0.15) is 0 Å². The van der Waals surface area contributed by atoms with Gasteiger partial charge in [0.2, 0.25) is 0 Å². The Bertz CT molecular complexity index is 473. The van der Waals surface area contributed by atoms with E-state index in [1.54, 1.807) is 0 Å². The van der Waals surface area contributed by atoms with Crippen molar-refractivity contribution in [3.8, 4) is 0 Å². The molecule has 3 nitrogen and oxygen atoms in total. The van der Waals surface area contributed by atoms with Gasteiger partial charge in [-0.1, -0.05) is 18.2 Å². The average molecular weight is 306 g/mol. The van der Waals surface area contributed by atoms with Crippen molar-refractivity contribution in [3.63, 3.8) is 0 Å². The van der Waals surface area contributed by atoms with Gasteiger partial charge in [-0.15, -0.1) is 0 Å². The van der Waals surface area contributed by atoms with Crippen molar-refractivity contribution >= 4 is 5.69 Å². The van der Waals surface area contributed by atoms with E-state index in [2.05, 4.69) is 28.9 Å². The van der Waals surface area contributed by atoms with Gasteiger partial charge in [-0.3, -0.25) is 4.90 Å². The molecule has 1 aromatic rings. The van der Waals surface area contributed by atoms with E-state index in [1.165, 1.54) is 5.69 Å². The van der Waals surface area contributed by atoms with Gasteiger partial charge in [0.05, 0.1) is 6.10 Å². The van der Waals surface area contributed by atoms with Crippen LogP contribution in [0.3, 0.4) is 0 Å². The first-order valence-electron chi connectivity index (χ1n) is 8.47. The van der Waals surface area contributed by atoms with Crippen LogP contribution in [0, 0.1) is 0 Å². The number of rotatable bonds is 3. The van der Waals surface area contributed by atoms with Gasteiger partial charge in [-0.05, 0) is 31.9 Å². The van der Waals surface area contributed by atoms with Crippen LogP contribution in [0.4, 0.5) is 10.1 Å². The van der Waals surface area contributed by atoms with E-state index in [4.69, 9.17) is 0 Å². The summed E-state index contributed by atoms with van der Waals surface area (Å²) in [5.41, 5.74) is 0.112. The first kappa shape index (κ1) is 15.8. The quantitative estimate of drug-likeness (QED) is 0.930. The van der Waals surface area contributed by atoms with Gasteiger partial charge in [0.1, 0.15) is 5.67 Å². The van der Waals surface area contributed by atoms with Crippen molar-refractivity contribution in [2.24, 2.45) is 0 Å². The second-order valence-corrected chi connectivity index (χ2v) is 6.97. The molecule has 2 saturated heterocycles. The molecule has 2 unspecified atom stereocenters. The molecule has 0 spiro atoms. The van der Waals surface area contributed by atoms with E-state index in [0.29, 0.717) is 19.4 Å². The van der Waals surface area contributed by atoms with Gasteiger partial charge in [0.25, 0.3) is 0 Å². The molecular weight excluding hydrogens is 279 g/mol. The molecule has 0 radical (unpaired) electrons. The molecule has 2 aliphatic rings. The third-order valence-electron chi connectivity index (χ3n) is 5.25. The Balaban J connectivity index is 1.55. The van der Waals surface area contributed by atoms with Crippen LogP contribution in [-0.2, 0) is 0 Å². The monoisotopic (exact) mass is 306 g/mol. The lowest BCUT2D eigenvalue weighted by Gasteiger charge is -2.43. The largest absolute Gasteiger partial charge is 0.393 e. The van der Waals surface area contributed by atoms with Gasteiger partial charge in [0.15, 0.2) is 0 Å². The van der Waals surface area contributed by atoms with Crippen LogP contribution in [0.5, 0.6) is 0 Å². The zero-order valence-corrected chi connectivity index (χ0v) is 13.4. The minimum absolute atomic E-state index is 0.207. The Morgan fingerprint density at radius 1 is 1.18 bits per heavy atom. The number of likely N-dealkylation sites (tertiary alicyclic amines) is 1. The van der Waals surface area contributed by atoms with Crippen LogP contribution in [0.25, 0.3) is 0 Å². The summed E-state index contributed by atoms with van der Waals surface area (Å²) in [7, 11) is 0. The van der Waals surface area contributed by atoms with Gasteiger partial charge >= 0.3 is 0 Å². The van der Waals surface area contributed by atoms with Crippen molar-refractivity contribution in [2.45, 2.75) is 50.4 Å². The lowest BCUT2D eigenvalue weighted by Crippen LogP contribution is -2.52. The van der Waals surface area contributed by atoms with E-state index in [9.17, 15) is 5.11 Å². The standard InChI is InChI=1S/C18H27FN2O/c1-15-13-17(22)7-10-21(15)14-18(19)8-11-20(12-9-18)16-5-3-2-4-6-16/h2-6,15,17,22H,7-14H2,1H3. The first-order chi connectivity index (χ1) is 10.6. The summed E-state index contributed by atoms with van der Waals surface area (Å²) in [5, 5.41) is 9.70. The lowest BCUT2D eigenvalue weighted by atomic mass is 9.90. The number of aliphatic hydroxyl groups excluding tert-OH is 1. The third kappa shape index (κ3) is 3.61. The molecule has 2 fully saturated rings. The first-order valence-corrected chi connectivity index (χ1v) is 8.47. The molecule has 0 aliphatic carbocycles. The van der Waals surface area contributed by atoms with E-state index < -0.39 is 5.67 Å². The summed E-state index contributed by atoms with van der Waals surface area (Å²) in [5.74, 6) is 0. The molecule has 2 heterocycles. The number of piperidine rings is 2. The smallest absolute Gasteiger partial charge is 0.127 e. The summed E-state index contributed by atoms with van der Waals surface area (Å²) in [4.78, 5) is 4.51. The maximum Gasteiger partial charge on any atom is 0.127 e. The molecule has 22 heavy (non-hydrogen) atoms. The fourth-order valence-electron chi connectivity index (χ4n) is 3.76. The lowest BCUT2D eigenvalue weighted by molar-refractivity contribution is 0.000808. The van der Waals surface area contributed by atoms with Crippen molar-refractivity contribution in [2.75, 3.05) is 31.1 Å². The minimum atomic E-state index is -1.08. The Hall–Kier alpha value is -1.13. The molecule has 2 aliphatic heterocycles. The number of alkyl halides is 1. The van der Waals surface area contributed by atoms with Crippen LogP contribution in [0.15, 0.2) is 30.3 Å². The number of benzene rings is 1. The fraction of sp³-hybridized carbons (Fsp3) is 0.667. The Kier molecular flexibility index (Phi) is 4.69. The van der Waals surface area contributed by atoms with E-state index in [1.807, 2.05) is 18.2 Å². The fourth-order valence-corrected chi connectivity index (χ4v) is 3.76. The number of hydrogen-bond acceptors (Lipinski definition) is 3. The molecule has 4 heteroatoms. The van der Waals surface area contributed by atoms with E-state index in [0.717, 1.165) is 32.5 Å². The third-order valence-corrected chi connectivity index (χ3v) is 5.25. The minimum Gasteiger partial charge on any atom is -0.393 e. The van der Waals surface area contributed by atoms with Crippen molar-refractivity contribution in [3.05, 3.63) is 30.3 Å². The zero-order valence-electron chi connectivity index (χ0n) is 13.4. The predicted molar refractivity (Wildman–Crippen MR) is 88.0 cm³/mol. The summed E-state index contributed by atoms with van der Waals surface area (Å²) >= 11 is 0. The highest BCUT2D eigenvalue weighted by molar-refractivity contribution is 5.46. The predicted octanol–water partition coefficient (Wildman–Crippen LogP) is 2.84. The molecule has 2 atom stereocenters. The number of para-hydroxylation sites is 1. The number of aliphatic hydroxyl groups is 1. The van der Waals surface area contributed by atoms with Crippen LogP contribution < -0.4 is 4.90 Å². The molecule has 1 aromatic carbocycles. The highest BCUT2D eigenvalue weighted by Crippen LogP contribution is 2.32. The maximum absolute atomic E-state index is 15.2. The van der Waals surface area contributed by atoms with Crippen molar-refractivity contribution in [1.82, 2.24) is 4.90 Å². The molecule has 122 valence electrons. The van der Waals surface area contributed by atoms with Gasteiger partial charge in [-0.25, -0.2) is 4.39 Å². The second kappa shape index (κ2) is 6.55. The van der Waals surface area contributed by atoms with Crippen molar-refractivity contribution < 1.29 is 9.50 Å². The van der Waals surface area contributed by atoms with E-state index in [-0.39, 0.29) is 12.1 Å². The molecule has 1 N–H and O–H groups in total. The number of hydrogen-bond donors (Lipinski definition) is 1. The Labute approximate surface area is 132 Å². The molecule has 0 aromatic heterocycles. The maximum atomic E-state index is 15.2. The summed E-state index contributed by atoms with van der Waals surface area (Å²) < 4.78 is 15.2. The number of anilines is 1. The summed E-state index contributed by atoms with van der Waals surface area (Å²) in [6.45, 7) is 5.00.